The molecule has 26 heavy (non-hydrogen) atoms. The quantitative estimate of drug-likeness (QED) is 0.217. The first kappa shape index (κ1) is 22.8. The number of anilines is 1. The summed E-state index contributed by atoms with van der Waals surface area (Å²) < 4.78 is 4.64. The van der Waals surface area contributed by atoms with Crippen LogP contribution in [0.3, 0.4) is 0 Å². The van der Waals surface area contributed by atoms with Gasteiger partial charge < -0.3 is 19.9 Å². The first-order chi connectivity index (χ1) is 12.1. The number of carbonyl (C=O) groups excluding carboxylic acids is 1. The van der Waals surface area contributed by atoms with Gasteiger partial charge in [0.15, 0.2) is 5.96 Å². The van der Waals surface area contributed by atoms with Gasteiger partial charge in [-0.1, -0.05) is 17.7 Å². The summed E-state index contributed by atoms with van der Waals surface area (Å²) in [5.41, 5.74) is 1.16. The average molecular weight is 495 g/mol. The number of methoxy groups -OCH3 is 1. The van der Waals surface area contributed by atoms with Gasteiger partial charge in [0.05, 0.1) is 7.11 Å². The Morgan fingerprint density at radius 1 is 1.27 bits per heavy atom. The number of aliphatic imine (C=N–C) groups is 1. The third-order valence-electron chi connectivity index (χ3n) is 4.28. The predicted molar refractivity (Wildman–Crippen MR) is 118 cm³/mol. The molecule has 1 fully saturated rings. The van der Waals surface area contributed by atoms with Gasteiger partial charge in [0.1, 0.15) is 0 Å². The lowest BCUT2D eigenvalue weighted by molar-refractivity contribution is -0.140. The summed E-state index contributed by atoms with van der Waals surface area (Å²) in [6.45, 7) is 4.49. The van der Waals surface area contributed by atoms with E-state index in [1.54, 1.807) is 7.05 Å². The van der Waals surface area contributed by atoms with Gasteiger partial charge in [-0.3, -0.25) is 9.79 Å². The van der Waals surface area contributed by atoms with Crippen LogP contribution < -0.4 is 10.2 Å². The number of nitrogens with zero attached hydrogens (tertiary/aromatic N) is 3. The second kappa shape index (κ2) is 12.2. The third-order valence-corrected chi connectivity index (χ3v) is 4.52. The number of halogens is 2. The summed E-state index contributed by atoms with van der Waals surface area (Å²) in [5.74, 6) is 0.769. The zero-order chi connectivity index (χ0) is 18.1. The summed E-state index contributed by atoms with van der Waals surface area (Å²) in [7, 11) is 3.23. The predicted octanol–water partition coefficient (Wildman–Crippen LogP) is 3.00. The highest BCUT2D eigenvalue weighted by Crippen LogP contribution is 2.20. The van der Waals surface area contributed by atoms with Crippen molar-refractivity contribution in [3.8, 4) is 0 Å². The number of ether oxygens (including phenoxy) is 1. The maximum absolute atomic E-state index is 11.1. The van der Waals surface area contributed by atoms with Gasteiger partial charge in [0.25, 0.3) is 0 Å². The average Bonchev–Trinajstić information content (AvgIpc) is 2.64. The highest BCUT2D eigenvalue weighted by atomic mass is 127. The van der Waals surface area contributed by atoms with Gasteiger partial charge in [-0.25, -0.2) is 0 Å². The second-order valence-corrected chi connectivity index (χ2v) is 6.40. The van der Waals surface area contributed by atoms with E-state index in [0.717, 1.165) is 62.2 Å². The summed E-state index contributed by atoms with van der Waals surface area (Å²) in [5, 5.41) is 4.15. The molecule has 1 saturated heterocycles. The minimum absolute atomic E-state index is 0. The molecule has 146 valence electrons. The van der Waals surface area contributed by atoms with Crippen LogP contribution in [0.1, 0.15) is 19.3 Å². The normalized spacial score (nSPS) is 14.7. The molecule has 0 saturated carbocycles. The van der Waals surface area contributed by atoms with Crippen molar-refractivity contribution in [3.05, 3.63) is 29.3 Å². The standard InChI is InChI=1S/C18H27ClN4O2.HI/c1-20-18(21-9-4-3-8-17(24)25-2)23-12-10-22(11-13-23)16-7-5-6-15(19)14-16;/h5-7,14H,3-4,8-13H2,1-2H3,(H,20,21);1H. The Balaban J connectivity index is 0.00000338. The molecule has 1 aliphatic rings. The Bertz CT molecular complexity index is 592. The number of hydrogen-bond donors (Lipinski definition) is 1. The summed E-state index contributed by atoms with van der Waals surface area (Å²) in [6.07, 6.45) is 2.20. The SMILES string of the molecule is CN=C(NCCCCC(=O)OC)N1CCN(c2cccc(Cl)c2)CC1.I. The summed E-state index contributed by atoms with van der Waals surface area (Å²) in [4.78, 5) is 20.1. The number of benzene rings is 1. The molecule has 1 N–H and O–H groups in total. The van der Waals surface area contributed by atoms with E-state index in [1.807, 2.05) is 18.2 Å². The second-order valence-electron chi connectivity index (χ2n) is 5.96. The van der Waals surface area contributed by atoms with Gasteiger partial charge in [-0.05, 0) is 31.0 Å². The van der Waals surface area contributed by atoms with Gasteiger partial charge in [-0.15, -0.1) is 24.0 Å². The van der Waals surface area contributed by atoms with Crippen LogP contribution in [0.4, 0.5) is 5.69 Å². The van der Waals surface area contributed by atoms with E-state index >= 15 is 0 Å². The molecule has 0 aliphatic carbocycles. The van der Waals surface area contributed by atoms with Crippen molar-refractivity contribution >= 4 is 53.2 Å². The molecule has 0 atom stereocenters. The van der Waals surface area contributed by atoms with E-state index in [1.165, 1.54) is 7.11 Å². The zero-order valence-corrected chi connectivity index (χ0v) is 18.5. The highest BCUT2D eigenvalue weighted by molar-refractivity contribution is 14.0. The highest BCUT2D eigenvalue weighted by Gasteiger charge is 2.19. The third kappa shape index (κ3) is 7.19. The molecule has 1 heterocycles. The van der Waals surface area contributed by atoms with Crippen LogP contribution in [0.2, 0.25) is 5.02 Å². The molecule has 8 heteroatoms. The molecule has 1 aromatic carbocycles. The van der Waals surface area contributed by atoms with Crippen LogP contribution in [0.15, 0.2) is 29.3 Å². The lowest BCUT2D eigenvalue weighted by Crippen LogP contribution is -2.52. The van der Waals surface area contributed by atoms with Crippen molar-refractivity contribution in [1.29, 1.82) is 0 Å². The molecule has 0 spiro atoms. The minimum atomic E-state index is -0.151. The van der Waals surface area contributed by atoms with Crippen LogP contribution in [0, 0.1) is 0 Å². The molecule has 0 unspecified atom stereocenters. The Morgan fingerprint density at radius 2 is 2.00 bits per heavy atom. The summed E-state index contributed by atoms with van der Waals surface area (Å²) in [6, 6.07) is 7.98. The molecule has 2 rings (SSSR count). The van der Waals surface area contributed by atoms with Gasteiger partial charge in [0.2, 0.25) is 0 Å². The number of esters is 1. The zero-order valence-electron chi connectivity index (χ0n) is 15.4. The van der Waals surface area contributed by atoms with Crippen molar-refractivity contribution in [2.24, 2.45) is 4.99 Å². The molecule has 0 aromatic heterocycles. The number of nitrogens with one attached hydrogen (secondary N) is 1. The Hall–Kier alpha value is -1.22. The van der Waals surface area contributed by atoms with Crippen molar-refractivity contribution in [3.63, 3.8) is 0 Å². The van der Waals surface area contributed by atoms with Gasteiger partial charge >= 0.3 is 5.97 Å². The van der Waals surface area contributed by atoms with E-state index < -0.39 is 0 Å². The van der Waals surface area contributed by atoms with E-state index in [9.17, 15) is 4.79 Å². The maximum atomic E-state index is 11.1. The Morgan fingerprint density at radius 3 is 2.62 bits per heavy atom. The monoisotopic (exact) mass is 494 g/mol. The van der Waals surface area contributed by atoms with Crippen molar-refractivity contribution in [2.75, 3.05) is 51.8 Å². The van der Waals surface area contributed by atoms with Crippen molar-refractivity contribution in [1.82, 2.24) is 10.2 Å². The lowest BCUT2D eigenvalue weighted by Gasteiger charge is -2.37. The van der Waals surface area contributed by atoms with Gasteiger partial charge in [0, 0.05) is 56.9 Å². The fourth-order valence-electron chi connectivity index (χ4n) is 2.88. The number of unbranched alkanes of at least 4 members (excludes halogenated alkanes) is 1. The number of rotatable bonds is 6. The first-order valence-corrected chi connectivity index (χ1v) is 9.04. The number of carbonyl (C=O) groups is 1. The molecular formula is C18H28ClIN4O2. The van der Waals surface area contributed by atoms with Crippen LogP contribution in [-0.4, -0.2) is 63.7 Å². The molecule has 0 bridgehead atoms. The van der Waals surface area contributed by atoms with Crippen LogP contribution in [0.25, 0.3) is 0 Å². The minimum Gasteiger partial charge on any atom is -0.469 e. The lowest BCUT2D eigenvalue weighted by atomic mass is 10.2. The number of piperazine rings is 1. The van der Waals surface area contributed by atoms with E-state index in [-0.39, 0.29) is 29.9 Å². The Kier molecular flexibility index (Phi) is 10.7. The number of hydrogen-bond acceptors (Lipinski definition) is 4. The van der Waals surface area contributed by atoms with Gasteiger partial charge in [-0.2, -0.15) is 0 Å². The van der Waals surface area contributed by atoms with Crippen LogP contribution >= 0.6 is 35.6 Å². The first-order valence-electron chi connectivity index (χ1n) is 8.67. The molecule has 1 aliphatic heterocycles. The largest absolute Gasteiger partial charge is 0.469 e. The van der Waals surface area contributed by atoms with E-state index in [2.05, 4.69) is 30.9 Å². The molecule has 6 nitrogen and oxygen atoms in total. The molecular weight excluding hydrogens is 467 g/mol. The summed E-state index contributed by atoms with van der Waals surface area (Å²) >= 11 is 6.08. The smallest absolute Gasteiger partial charge is 0.305 e. The molecule has 0 radical (unpaired) electrons. The maximum Gasteiger partial charge on any atom is 0.305 e. The molecule has 1 aromatic rings. The molecule has 0 amide bonds. The fourth-order valence-corrected chi connectivity index (χ4v) is 3.06. The van der Waals surface area contributed by atoms with E-state index in [0.29, 0.717) is 6.42 Å². The number of guanidine groups is 1. The van der Waals surface area contributed by atoms with Crippen molar-refractivity contribution < 1.29 is 9.53 Å². The Labute approximate surface area is 177 Å². The topological polar surface area (TPSA) is 57.2 Å². The van der Waals surface area contributed by atoms with Crippen LogP contribution in [-0.2, 0) is 9.53 Å². The van der Waals surface area contributed by atoms with E-state index in [4.69, 9.17) is 11.6 Å². The fraction of sp³-hybridized carbons (Fsp3) is 0.556. The van der Waals surface area contributed by atoms with Crippen molar-refractivity contribution in [2.45, 2.75) is 19.3 Å². The van der Waals surface area contributed by atoms with Crippen LogP contribution in [0.5, 0.6) is 0 Å².